The summed E-state index contributed by atoms with van der Waals surface area (Å²) in [5.41, 5.74) is 0. The van der Waals surface area contributed by atoms with Crippen molar-refractivity contribution in [3.05, 3.63) is 12.2 Å². The van der Waals surface area contributed by atoms with Crippen LogP contribution in [0.2, 0.25) is 0 Å². The van der Waals surface area contributed by atoms with Gasteiger partial charge in [-0.1, -0.05) is 31.9 Å². The highest BCUT2D eigenvalue weighted by Crippen LogP contribution is 2.35. The van der Waals surface area contributed by atoms with Crippen molar-refractivity contribution < 1.29 is 14.7 Å². The molecule has 2 atom stereocenters. The van der Waals surface area contributed by atoms with Crippen LogP contribution in [0, 0.1) is 11.8 Å². The second-order valence-electron chi connectivity index (χ2n) is 5.51. The number of hydrogen-bond donors (Lipinski definition) is 1. The fourth-order valence-corrected chi connectivity index (χ4v) is 2.84. The highest BCUT2D eigenvalue weighted by molar-refractivity contribution is 5.83. The maximum atomic E-state index is 11.8. The summed E-state index contributed by atoms with van der Waals surface area (Å²) >= 11 is 0. The highest BCUT2D eigenvalue weighted by Gasteiger charge is 2.32. The van der Waals surface area contributed by atoms with Crippen LogP contribution < -0.4 is 0 Å². The maximum absolute atomic E-state index is 11.8. The number of carboxylic acids is 1. The number of carbonyl (C=O) groups is 2. The van der Waals surface area contributed by atoms with Crippen molar-refractivity contribution in [2.45, 2.75) is 64.7 Å². The molecule has 1 aliphatic carbocycles. The van der Waals surface area contributed by atoms with E-state index >= 15 is 0 Å². The van der Waals surface area contributed by atoms with E-state index in [0.717, 1.165) is 25.7 Å². The van der Waals surface area contributed by atoms with Crippen LogP contribution in [0.15, 0.2) is 12.2 Å². The Bertz CT molecular complexity index is 320. The average Bonchev–Trinajstić information content (AvgIpc) is 2.72. The quantitative estimate of drug-likeness (QED) is 0.507. The minimum absolute atomic E-state index is 0.224. The van der Waals surface area contributed by atoms with Gasteiger partial charge in [0.1, 0.15) is 5.78 Å². The molecule has 3 heteroatoms. The van der Waals surface area contributed by atoms with Crippen molar-refractivity contribution >= 4 is 11.8 Å². The summed E-state index contributed by atoms with van der Waals surface area (Å²) in [4.78, 5) is 22.2. The van der Waals surface area contributed by atoms with Gasteiger partial charge in [-0.05, 0) is 38.0 Å². The Kier molecular flexibility index (Phi) is 7.46. The first-order chi connectivity index (χ1) is 9.15. The largest absolute Gasteiger partial charge is 0.481 e. The summed E-state index contributed by atoms with van der Waals surface area (Å²) in [6.45, 7) is 2.19. The van der Waals surface area contributed by atoms with Crippen molar-refractivity contribution in [1.82, 2.24) is 0 Å². The molecule has 0 aromatic heterocycles. The third-order valence-corrected chi connectivity index (χ3v) is 3.99. The highest BCUT2D eigenvalue weighted by atomic mass is 16.4. The molecule has 1 aliphatic rings. The van der Waals surface area contributed by atoms with E-state index in [1.54, 1.807) is 0 Å². The van der Waals surface area contributed by atoms with Gasteiger partial charge in [-0.25, -0.2) is 0 Å². The van der Waals surface area contributed by atoms with Crippen molar-refractivity contribution in [2.75, 3.05) is 0 Å². The van der Waals surface area contributed by atoms with Crippen molar-refractivity contribution in [3.8, 4) is 0 Å². The molecule has 0 amide bonds. The summed E-state index contributed by atoms with van der Waals surface area (Å²) in [7, 11) is 0. The van der Waals surface area contributed by atoms with E-state index < -0.39 is 5.97 Å². The van der Waals surface area contributed by atoms with E-state index in [1.165, 1.54) is 19.3 Å². The topological polar surface area (TPSA) is 54.4 Å². The summed E-state index contributed by atoms with van der Waals surface area (Å²) in [6.07, 6.45) is 12.1. The number of carbonyl (C=O) groups excluding carboxylic acids is 1. The minimum atomic E-state index is -0.737. The number of unbranched alkanes of at least 4 members (excludes halogenated alkanes) is 2. The molecule has 0 heterocycles. The van der Waals surface area contributed by atoms with E-state index in [0.29, 0.717) is 18.1 Å². The molecule has 0 radical (unpaired) electrons. The second-order valence-corrected chi connectivity index (χ2v) is 5.51. The number of ketones is 1. The molecule has 0 aromatic carbocycles. The molecule has 0 bridgehead atoms. The zero-order chi connectivity index (χ0) is 14.1. The van der Waals surface area contributed by atoms with Gasteiger partial charge >= 0.3 is 5.97 Å². The second kappa shape index (κ2) is 8.89. The first-order valence-corrected chi connectivity index (χ1v) is 7.54. The molecule has 0 spiro atoms. The van der Waals surface area contributed by atoms with Crippen LogP contribution in [0.3, 0.4) is 0 Å². The van der Waals surface area contributed by atoms with E-state index in [1.807, 2.05) is 6.08 Å². The molecule has 0 unspecified atom stereocenters. The lowest BCUT2D eigenvalue weighted by Gasteiger charge is -2.16. The van der Waals surface area contributed by atoms with Crippen LogP contribution >= 0.6 is 0 Å². The number of hydrogen-bond acceptors (Lipinski definition) is 2. The van der Waals surface area contributed by atoms with Crippen molar-refractivity contribution in [3.63, 3.8) is 0 Å². The van der Waals surface area contributed by atoms with Gasteiger partial charge in [-0.15, -0.1) is 0 Å². The molecule has 0 aliphatic heterocycles. The molecule has 108 valence electrons. The number of rotatable bonds is 9. The van der Waals surface area contributed by atoms with Crippen LogP contribution in [0.5, 0.6) is 0 Å². The van der Waals surface area contributed by atoms with Gasteiger partial charge in [0, 0.05) is 18.8 Å². The smallest absolute Gasteiger partial charge is 0.303 e. The summed E-state index contributed by atoms with van der Waals surface area (Å²) in [6, 6.07) is 0. The molecule has 1 rings (SSSR count). The van der Waals surface area contributed by atoms with E-state index in [-0.39, 0.29) is 12.3 Å². The van der Waals surface area contributed by atoms with Gasteiger partial charge in [-0.3, -0.25) is 9.59 Å². The molecular formula is C16H26O3. The molecular weight excluding hydrogens is 240 g/mol. The first kappa shape index (κ1) is 15.9. The van der Waals surface area contributed by atoms with Crippen LogP contribution in [-0.2, 0) is 9.59 Å². The van der Waals surface area contributed by atoms with Gasteiger partial charge in [-0.2, -0.15) is 0 Å². The Morgan fingerprint density at radius 2 is 2.16 bits per heavy atom. The van der Waals surface area contributed by atoms with E-state index in [4.69, 9.17) is 5.11 Å². The van der Waals surface area contributed by atoms with Gasteiger partial charge in [0.25, 0.3) is 0 Å². The Labute approximate surface area is 116 Å². The Morgan fingerprint density at radius 1 is 1.37 bits per heavy atom. The Hall–Kier alpha value is -1.12. The molecule has 1 fully saturated rings. The third-order valence-electron chi connectivity index (χ3n) is 3.99. The molecule has 1 saturated carbocycles. The van der Waals surface area contributed by atoms with Gasteiger partial charge in [0.15, 0.2) is 0 Å². The van der Waals surface area contributed by atoms with Crippen molar-refractivity contribution in [2.24, 2.45) is 11.8 Å². The fraction of sp³-hybridized carbons (Fsp3) is 0.750. The normalized spacial score (nSPS) is 23.3. The lowest BCUT2D eigenvalue weighted by Crippen LogP contribution is -2.13. The van der Waals surface area contributed by atoms with Gasteiger partial charge in [0.2, 0.25) is 0 Å². The van der Waals surface area contributed by atoms with Crippen molar-refractivity contribution in [1.29, 1.82) is 0 Å². The predicted octanol–water partition coefficient (Wildman–Crippen LogP) is 3.97. The molecule has 3 nitrogen and oxygen atoms in total. The summed E-state index contributed by atoms with van der Waals surface area (Å²) < 4.78 is 0. The lowest BCUT2D eigenvalue weighted by molar-refractivity contribution is -0.137. The first-order valence-electron chi connectivity index (χ1n) is 7.54. The number of Topliss-reactive ketones (excluding diaryl/α,β-unsaturated/α-hetero) is 1. The standard InChI is InChI=1S/C16H26O3/c1-2-3-8-13-11-12-15(17)14(13)9-6-4-5-7-10-16(18)19/h4,6,13-14H,2-3,5,7-12H2,1H3,(H,18,19)/b6-4-/t13-,14+/m0/s1. The van der Waals surface area contributed by atoms with Crippen LogP contribution in [0.1, 0.15) is 64.7 Å². The maximum Gasteiger partial charge on any atom is 0.303 e. The number of carboxylic acid groups (broad SMARTS) is 1. The zero-order valence-corrected chi connectivity index (χ0v) is 11.9. The summed E-state index contributed by atoms with van der Waals surface area (Å²) in [5, 5.41) is 8.53. The van der Waals surface area contributed by atoms with Crippen LogP contribution in [-0.4, -0.2) is 16.9 Å². The monoisotopic (exact) mass is 266 g/mol. The molecule has 0 aromatic rings. The fourth-order valence-electron chi connectivity index (χ4n) is 2.84. The average molecular weight is 266 g/mol. The molecule has 0 saturated heterocycles. The van der Waals surface area contributed by atoms with Crippen LogP contribution in [0.4, 0.5) is 0 Å². The van der Waals surface area contributed by atoms with Gasteiger partial charge < -0.3 is 5.11 Å². The number of aliphatic carboxylic acids is 1. The summed E-state index contributed by atoms with van der Waals surface area (Å²) in [5.74, 6) is 0.494. The van der Waals surface area contributed by atoms with E-state index in [2.05, 4.69) is 13.0 Å². The Morgan fingerprint density at radius 3 is 2.84 bits per heavy atom. The van der Waals surface area contributed by atoms with Crippen LogP contribution in [0.25, 0.3) is 0 Å². The van der Waals surface area contributed by atoms with E-state index in [9.17, 15) is 9.59 Å². The predicted molar refractivity (Wildman–Crippen MR) is 76.0 cm³/mol. The third kappa shape index (κ3) is 6.04. The number of allylic oxidation sites excluding steroid dienone is 2. The minimum Gasteiger partial charge on any atom is -0.481 e. The lowest BCUT2D eigenvalue weighted by atomic mass is 9.88. The zero-order valence-electron chi connectivity index (χ0n) is 11.9. The molecule has 1 N–H and O–H groups in total. The SMILES string of the molecule is CCCC[C@H]1CCC(=O)[C@@H]1C/C=C\CCCC(=O)O. The van der Waals surface area contributed by atoms with Gasteiger partial charge in [0.05, 0.1) is 0 Å². The Balaban J connectivity index is 2.26. The molecule has 19 heavy (non-hydrogen) atoms.